The fourth-order valence-corrected chi connectivity index (χ4v) is 3.43. The average molecular weight is 354 g/mol. The van der Waals surface area contributed by atoms with E-state index < -0.39 is 0 Å². The van der Waals surface area contributed by atoms with Gasteiger partial charge in [-0.25, -0.2) is 0 Å². The molecule has 0 spiro atoms. The highest BCUT2D eigenvalue weighted by Gasteiger charge is 2.38. The molecule has 0 aromatic heterocycles. The lowest BCUT2D eigenvalue weighted by Crippen LogP contribution is -2.48. The van der Waals surface area contributed by atoms with E-state index in [0.29, 0.717) is 18.8 Å². The fourth-order valence-electron chi connectivity index (χ4n) is 3.43. The Morgan fingerprint density at radius 1 is 1.29 bits per heavy atom. The van der Waals surface area contributed by atoms with Crippen LogP contribution in [-0.2, 0) is 9.59 Å². The van der Waals surface area contributed by atoms with Gasteiger partial charge in [0.2, 0.25) is 11.8 Å². The Kier molecular flexibility index (Phi) is 6.07. The predicted octanol–water partition coefficient (Wildman–Crippen LogP) is 1.42. The van der Waals surface area contributed by atoms with E-state index in [1.54, 1.807) is 12.0 Å². The van der Waals surface area contributed by atoms with Crippen molar-refractivity contribution in [2.75, 3.05) is 31.6 Å². The Hall–Kier alpha value is -1.79. The van der Waals surface area contributed by atoms with E-state index in [1.165, 1.54) is 0 Å². The van der Waals surface area contributed by atoms with Crippen molar-refractivity contribution >= 4 is 29.9 Å². The van der Waals surface area contributed by atoms with E-state index in [4.69, 9.17) is 10.5 Å². The summed E-state index contributed by atoms with van der Waals surface area (Å²) in [6.45, 7) is 1.74. The molecule has 24 heavy (non-hydrogen) atoms. The molecule has 2 N–H and O–H groups in total. The van der Waals surface area contributed by atoms with Crippen molar-refractivity contribution < 1.29 is 14.3 Å². The number of methoxy groups -OCH3 is 1. The van der Waals surface area contributed by atoms with Gasteiger partial charge in [0.25, 0.3) is 0 Å². The van der Waals surface area contributed by atoms with E-state index in [0.717, 1.165) is 25.1 Å². The van der Waals surface area contributed by atoms with Crippen molar-refractivity contribution in [3.63, 3.8) is 0 Å². The van der Waals surface area contributed by atoms with Gasteiger partial charge in [0.15, 0.2) is 0 Å². The summed E-state index contributed by atoms with van der Waals surface area (Å²) in [5.41, 5.74) is 6.68. The Morgan fingerprint density at radius 3 is 2.75 bits per heavy atom. The Labute approximate surface area is 148 Å². The van der Waals surface area contributed by atoms with E-state index in [9.17, 15) is 9.59 Å². The number of carbonyl (C=O) groups is 2. The number of likely N-dealkylation sites (tertiary alicyclic amines) is 1. The molecule has 2 heterocycles. The van der Waals surface area contributed by atoms with Crippen LogP contribution in [-0.4, -0.2) is 49.5 Å². The van der Waals surface area contributed by atoms with E-state index in [1.807, 2.05) is 29.2 Å². The molecular formula is C17H24ClN3O3. The van der Waals surface area contributed by atoms with Crippen LogP contribution >= 0.6 is 12.4 Å². The molecule has 2 fully saturated rings. The van der Waals surface area contributed by atoms with Crippen molar-refractivity contribution in [2.45, 2.75) is 25.3 Å². The lowest BCUT2D eigenvalue weighted by molar-refractivity contribution is -0.136. The third-order valence-corrected chi connectivity index (χ3v) is 4.62. The first kappa shape index (κ1) is 18.5. The van der Waals surface area contributed by atoms with Gasteiger partial charge in [0.05, 0.1) is 18.7 Å². The van der Waals surface area contributed by atoms with E-state index in [2.05, 4.69) is 0 Å². The second-order valence-electron chi connectivity index (χ2n) is 6.26. The maximum Gasteiger partial charge on any atom is 0.228 e. The summed E-state index contributed by atoms with van der Waals surface area (Å²) in [6.07, 6.45) is 2.15. The number of nitrogens with two attached hydrogens (primary N) is 1. The van der Waals surface area contributed by atoms with Gasteiger partial charge in [-0.3, -0.25) is 9.59 Å². The van der Waals surface area contributed by atoms with E-state index >= 15 is 0 Å². The highest BCUT2D eigenvalue weighted by Crippen LogP contribution is 2.33. The number of amides is 2. The summed E-state index contributed by atoms with van der Waals surface area (Å²) >= 11 is 0. The number of rotatable bonds is 3. The first-order chi connectivity index (χ1) is 11.1. The Bertz CT molecular complexity index is 610. The number of ether oxygens (including phenoxy) is 1. The highest BCUT2D eigenvalue weighted by atomic mass is 35.5. The van der Waals surface area contributed by atoms with Crippen molar-refractivity contribution in [1.82, 2.24) is 4.90 Å². The molecule has 3 rings (SSSR count). The van der Waals surface area contributed by atoms with Gasteiger partial charge >= 0.3 is 0 Å². The molecule has 0 bridgehead atoms. The van der Waals surface area contributed by atoms with Gasteiger partial charge in [-0.15, -0.1) is 12.4 Å². The molecular weight excluding hydrogens is 330 g/mol. The molecule has 2 saturated heterocycles. The molecule has 2 atom stereocenters. The predicted molar refractivity (Wildman–Crippen MR) is 94.5 cm³/mol. The van der Waals surface area contributed by atoms with Crippen molar-refractivity contribution in [3.8, 4) is 5.75 Å². The second-order valence-corrected chi connectivity index (χ2v) is 6.26. The zero-order valence-corrected chi connectivity index (χ0v) is 14.6. The molecule has 2 aliphatic heterocycles. The molecule has 6 nitrogen and oxygen atoms in total. The number of hydrogen-bond donors (Lipinski definition) is 1. The third-order valence-electron chi connectivity index (χ3n) is 4.62. The molecule has 7 heteroatoms. The minimum Gasteiger partial charge on any atom is -0.495 e. The number of carbonyl (C=O) groups excluding carboxylic acids is 2. The van der Waals surface area contributed by atoms with Gasteiger partial charge in [-0.1, -0.05) is 12.1 Å². The summed E-state index contributed by atoms with van der Waals surface area (Å²) in [5.74, 6) is 0.367. The quantitative estimate of drug-likeness (QED) is 0.891. The molecule has 132 valence electrons. The zero-order valence-electron chi connectivity index (χ0n) is 13.8. The van der Waals surface area contributed by atoms with Gasteiger partial charge < -0.3 is 20.3 Å². The van der Waals surface area contributed by atoms with Gasteiger partial charge in [0, 0.05) is 32.1 Å². The largest absolute Gasteiger partial charge is 0.495 e. The number of benzene rings is 1. The number of halogens is 1. The first-order valence-electron chi connectivity index (χ1n) is 8.08. The first-order valence-corrected chi connectivity index (χ1v) is 8.08. The number of hydrogen-bond acceptors (Lipinski definition) is 4. The molecule has 2 aliphatic rings. The highest BCUT2D eigenvalue weighted by molar-refractivity contribution is 6.01. The monoisotopic (exact) mass is 353 g/mol. The minimum atomic E-state index is -0.294. The average Bonchev–Trinajstić information content (AvgIpc) is 2.95. The smallest absolute Gasteiger partial charge is 0.228 e. The summed E-state index contributed by atoms with van der Waals surface area (Å²) < 4.78 is 5.33. The molecule has 1 aromatic carbocycles. The molecule has 0 saturated carbocycles. The summed E-state index contributed by atoms with van der Waals surface area (Å²) in [7, 11) is 1.58. The van der Waals surface area contributed by atoms with Crippen LogP contribution in [0.1, 0.15) is 19.3 Å². The molecule has 2 amide bonds. The molecule has 1 aromatic rings. The lowest BCUT2D eigenvalue weighted by atomic mass is 10.0. The molecule has 2 unspecified atom stereocenters. The van der Waals surface area contributed by atoms with Crippen molar-refractivity contribution in [3.05, 3.63) is 24.3 Å². The van der Waals surface area contributed by atoms with Crippen LogP contribution in [0, 0.1) is 5.92 Å². The summed E-state index contributed by atoms with van der Waals surface area (Å²) in [4.78, 5) is 28.5. The van der Waals surface area contributed by atoms with Crippen LogP contribution in [0.25, 0.3) is 0 Å². The van der Waals surface area contributed by atoms with Crippen LogP contribution in [0.4, 0.5) is 5.69 Å². The van der Waals surface area contributed by atoms with Crippen LogP contribution in [0.2, 0.25) is 0 Å². The normalized spacial score (nSPS) is 23.8. The topological polar surface area (TPSA) is 75.9 Å². The number of piperidine rings is 1. The third kappa shape index (κ3) is 3.65. The molecule has 0 radical (unpaired) electrons. The Morgan fingerprint density at radius 2 is 2.04 bits per heavy atom. The van der Waals surface area contributed by atoms with E-state index in [-0.39, 0.29) is 42.6 Å². The van der Waals surface area contributed by atoms with Gasteiger partial charge in [-0.05, 0) is 25.0 Å². The Balaban J connectivity index is 0.00000208. The number of para-hydroxylation sites is 2. The maximum atomic E-state index is 12.7. The summed E-state index contributed by atoms with van der Waals surface area (Å²) in [5, 5.41) is 0. The lowest BCUT2D eigenvalue weighted by Gasteiger charge is -2.32. The number of nitrogens with zero attached hydrogens (tertiary/aromatic N) is 2. The fraction of sp³-hybridized carbons (Fsp3) is 0.529. The minimum absolute atomic E-state index is 0. The SMILES string of the molecule is COc1ccccc1N1CC(C(=O)N2CCCC(N)C2)CC1=O.Cl. The van der Waals surface area contributed by atoms with Gasteiger partial charge in [-0.2, -0.15) is 0 Å². The zero-order chi connectivity index (χ0) is 16.4. The standard InChI is InChI=1S/C17H23N3O3.ClH/c1-23-15-7-3-2-6-14(15)20-10-12(9-16(20)21)17(22)19-8-4-5-13(18)11-19;/h2-3,6-7,12-13H,4-5,8-11,18H2,1H3;1H. The van der Waals surface area contributed by atoms with Crippen LogP contribution in [0.15, 0.2) is 24.3 Å². The molecule has 0 aliphatic carbocycles. The van der Waals surface area contributed by atoms with Gasteiger partial charge in [0.1, 0.15) is 5.75 Å². The second kappa shape index (κ2) is 7.85. The number of anilines is 1. The van der Waals surface area contributed by atoms with Crippen molar-refractivity contribution in [2.24, 2.45) is 11.7 Å². The van der Waals surface area contributed by atoms with Crippen LogP contribution < -0.4 is 15.4 Å². The van der Waals surface area contributed by atoms with Crippen LogP contribution in [0.5, 0.6) is 5.75 Å². The summed E-state index contributed by atoms with van der Waals surface area (Å²) in [6, 6.07) is 7.45. The van der Waals surface area contributed by atoms with Crippen LogP contribution in [0.3, 0.4) is 0 Å². The van der Waals surface area contributed by atoms with Crippen molar-refractivity contribution in [1.29, 1.82) is 0 Å². The maximum absolute atomic E-state index is 12.7.